The summed E-state index contributed by atoms with van der Waals surface area (Å²) in [6.07, 6.45) is 1.71. The van der Waals surface area contributed by atoms with Gasteiger partial charge in [-0.1, -0.05) is 18.2 Å². The normalized spacial score (nSPS) is 18.5. The summed E-state index contributed by atoms with van der Waals surface area (Å²) in [4.78, 5) is 26.1. The van der Waals surface area contributed by atoms with E-state index in [4.69, 9.17) is 9.47 Å². The molecule has 7 heteroatoms. The first-order valence-corrected chi connectivity index (χ1v) is 8.29. The lowest BCUT2D eigenvalue weighted by Crippen LogP contribution is -2.30. The van der Waals surface area contributed by atoms with Crippen LogP contribution >= 0.6 is 0 Å². The maximum absolute atomic E-state index is 12.3. The van der Waals surface area contributed by atoms with E-state index >= 15 is 0 Å². The molecule has 2 aliphatic heterocycles. The van der Waals surface area contributed by atoms with Crippen LogP contribution in [0.3, 0.4) is 0 Å². The second kappa shape index (κ2) is 6.87. The minimum atomic E-state index is -0.420. The molecular weight excluding hydrogens is 334 g/mol. The highest BCUT2D eigenvalue weighted by Crippen LogP contribution is 2.32. The predicted molar refractivity (Wildman–Crippen MR) is 95.2 cm³/mol. The number of hydrogen-bond donors (Lipinski definition) is 1. The second-order valence-corrected chi connectivity index (χ2v) is 6.09. The van der Waals surface area contributed by atoms with Gasteiger partial charge in [0, 0.05) is 18.7 Å². The van der Waals surface area contributed by atoms with Gasteiger partial charge in [-0.25, -0.2) is 5.43 Å². The zero-order chi connectivity index (χ0) is 17.9. The highest BCUT2D eigenvalue weighted by atomic mass is 16.7. The molecule has 1 atom stereocenters. The molecule has 0 aromatic heterocycles. The number of benzene rings is 2. The van der Waals surface area contributed by atoms with Crippen LogP contribution < -0.4 is 19.8 Å². The number of rotatable bonds is 4. The highest BCUT2D eigenvalue weighted by molar-refractivity contribution is 6.00. The molecule has 2 aromatic rings. The SMILES string of the molecule is O=C(N/N=C\c1ccc2c(c1)OCO2)[C@@H]1CC(=O)N(c2ccccc2)C1. The largest absolute Gasteiger partial charge is 0.454 e. The van der Waals surface area contributed by atoms with Crippen molar-refractivity contribution in [2.75, 3.05) is 18.2 Å². The first kappa shape index (κ1) is 16.1. The number of para-hydroxylation sites is 1. The van der Waals surface area contributed by atoms with Crippen molar-refractivity contribution < 1.29 is 19.1 Å². The van der Waals surface area contributed by atoms with Gasteiger partial charge >= 0.3 is 0 Å². The predicted octanol–water partition coefficient (Wildman–Crippen LogP) is 1.92. The van der Waals surface area contributed by atoms with Crippen molar-refractivity contribution in [2.24, 2.45) is 11.0 Å². The van der Waals surface area contributed by atoms with Crippen LogP contribution in [0.15, 0.2) is 53.6 Å². The molecule has 2 heterocycles. The van der Waals surface area contributed by atoms with Crippen LogP contribution in [-0.2, 0) is 9.59 Å². The number of anilines is 1. The number of nitrogens with one attached hydrogen (secondary N) is 1. The van der Waals surface area contributed by atoms with Crippen LogP contribution in [-0.4, -0.2) is 31.4 Å². The molecular formula is C19H17N3O4. The van der Waals surface area contributed by atoms with Gasteiger partial charge in [0.25, 0.3) is 0 Å². The number of hydrogen-bond acceptors (Lipinski definition) is 5. The number of carbonyl (C=O) groups is 2. The van der Waals surface area contributed by atoms with Crippen molar-refractivity contribution >= 4 is 23.7 Å². The van der Waals surface area contributed by atoms with Gasteiger partial charge in [0.1, 0.15) is 0 Å². The van der Waals surface area contributed by atoms with Crippen LogP contribution in [0.2, 0.25) is 0 Å². The maximum Gasteiger partial charge on any atom is 0.245 e. The highest BCUT2D eigenvalue weighted by Gasteiger charge is 2.35. The van der Waals surface area contributed by atoms with E-state index in [2.05, 4.69) is 10.5 Å². The van der Waals surface area contributed by atoms with E-state index in [1.165, 1.54) is 6.21 Å². The number of fused-ring (bicyclic) bond motifs is 1. The summed E-state index contributed by atoms with van der Waals surface area (Å²) in [5.74, 6) is 0.596. The zero-order valence-electron chi connectivity index (χ0n) is 13.9. The van der Waals surface area contributed by atoms with E-state index in [1.807, 2.05) is 36.4 Å². The molecule has 0 spiro atoms. The Morgan fingerprint density at radius 1 is 1.15 bits per heavy atom. The second-order valence-electron chi connectivity index (χ2n) is 6.09. The molecule has 26 heavy (non-hydrogen) atoms. The fourth-order valence-corrected chi connectivity index (χ4v) is 3.00. The molecule has 1 N–H and O–H groups in total. The Balaban J connectivity index is 1.36. The van der Waals surface area contributed by atoms with Crippen molar-refractivity contribution in [2.45, 2.75) is 6.42 Å². The molecule has 0 radical (unpaired) electrons. The van der Waals surface area contributed by atoms with Crippen LogP contribution in [0.5, 0.6) is 11.5 Å². The Morgan fingerprint density at radius 2 is 1.96 bits per heavy atom. The standard InChI is InChI=1S/C19H17N3O4/c23-18-9-14(11-22(18)15-4-2-1-3-5-15)19(24)21-20-10-13-6-7-16-17(8-13)26-12-25-16/h1-8,10,14H,9,11-12H2,(H,21,24)/b20-10-/t14-/m1/s1. The summed E-state index contributed by atoms with van der Waals surface area (Å²) in [6, 6.07) is 14.7. The fraction of sp³-hybridized carbons (Fsp3) is 0.211. The molecule has 0 saturated carbocycles. The van der Waals surface area contributed by atoms with Crippen molar-refractivity contribution in [1.29, 1.82) is 0 Å². The number of amides is 2. The minimum Gasteiger partial charge on any atom is -0.454 e. The lowest BCUT2D eigenvalue weighted by atomic mass is 10.1. The zero-order valence-corrected chi connectivity index (χ0v) is 13.9. The number of ether oxygens (including phenoxy) is 2. The Kier molecular flexibility index (Phi) is 4.27. The summed E-state index contributed by atoms with van der Waals surface area (Å²) in [7, 11) is 0. The van der Waals surface area contributed by atoms with Gasteiger partial charge in [0.05, 0.1) is 12.1 Å². The first-order chi connectivity index (χ1) is 12.7. The minimum absolute atomic E-state index is 0.0592. The molecule has 1 saturated heterocycles. The number of hydrazone groups is 1. The smallest absolute Gasteiger partial charge is 0.245 e. The van der Waals surface area contributed by atoms with Gasteiger partial charge in [-0.2, -0.15) is 5.10 Å². The Hall–Kier alpha value is -3.35. The summed E-state index contributed by atoms with van der Waals surface area (Å²) >= 11 is 0. The molecule has 4 rings (SSSR count). The summed E-state index contributed by atoms with van der Waals surface area (Å²) in [6.45, 7) is 0.564. The molecule has 0 bridgehead atoms. The van der Waals surface area contributed by atoms with Crippen molar-refractivity contribution in [3.63, 3.8) is 0 Å². The van der Waals surface area contributed by atoms with Gasteiger partial charge < -0.3 is 14.4 Å². The number of nitrogens with zero attached hydrogens (tertiary/aromatic N) is 2. The van der Waals surface area contributed by atoms with Gasteiger partial charge in [-0.05, 0) is 35.9 Å². The van der Waals surface area contributed by atoms with E-state index < -0.39 is 5.92 Å². The maximum atomic E-state index is 12.3. The summed E-state index contributed by atoms with van der Waals surface area (Å²) < 4.78 is 10.5. The van der Waals surface area contributed by atoms with E-state index in [9.17, 15) is 9.59 Å². The quantitative estimate of drug-likeness (QED) is 0.674. The van der Waals surface area contributed by atoms with Gasteiger partial charge in [-0.3, -0.25) is 9.59 Å². The van der Waals surface area contributed by atoms with Crippen LogP contribution in [0.25, 0.3) is 0 Å². The Bertz CT molecular complexity index is 866. The lowest BCUT2D eigenvalue weighted by molar-refractivity contribution is -0.126. The molecule has 7 nitrogen and oxygen atoms in total. The molecule has 0 aliphatic carbocycles. The van der Waals surface area contributed by atoms with E-state index in [-0.39, 0.29) is 25.0 Å². The van der Waals surface area contributed by atoms with Crippen molar-refractivity contribution in [1.82, 2.24) is 5.43 Å². The average molecular weight is 351 g/mol. The average Bonchev–Trinajstić information content (AvgIpc) is 3.28. The third-order valence-electron chi connectivity index (χ3n) is 4.35. The van der Waals surface area contributed by atoms with Crippen molar-refractivity contribution in [3.8, 4) is 11.5 Å². The molecule has 1 fully saturated rings. The Labute approximate surface area is 150 Å². The Morgan fingerprint density at radius 3 is 2.81 bits per heavy atom. The van der Waals surface area contributed by atoms with Crippen LogP contribution in [0, 0.1) is 5.92 Å². The lowest BCUT2D eigenvalue weighted by Gasteiger charge is -2.16. The third-order valence-corrected chi connectivity index (χ3v) is 4.35. The van der Waals surface area contributed by atoms with Gasteiger partial charge in [0.2, 0.25) is 18.6 Å². The van der Waals surface area contributed by atoms with Gasteiger partial charge in [-0.15, -0.1) is 0 Å². The fourth-order valence-electron chi connectivity index (χ4n) is 3.00. The van der Waals surface area contributed by atoms with Crippen LogP contribution in [0.1, 0.15) is 12.0 Å². The molecule has 2 aliphatic rings. The molecule has 2 aromatic carbocycles. The monoisotopic (exact) mass is 351 g/mol. The molecule has 0 unspecified atom stereocenters. The van der Waals surface area contributed by atoms with E-state index in [1.54, 1.807) is 17.0 Å². The first-order valence-electron chi connectivity index (χ1n) is 8.29. The van der Waals surface area contributed by atoms with Crippen molar-refractivity contribution in [3.05, 3.63) is 54.1 Å². The van der Waals surface area contributed by atoms with E-state index in [0.29, 0.717) is 18.0 Å². The van der Waals surface area contributed by atoms with E-state index in [0.717, 1.165) is 11.3 Å². The van der Waals surface area contributed by atoms with Crippen LogP contribution in [0.4, 0.5) is 5.69 Å². The summed E-state index contributed by atoms with van der Waals surface area (Å²) in [5.41, 5.74) is 4.10. The third kappa shape index (κ3) is 3.23. The van der Waals surface area contributed by atoms with Gasteiger partial charge in [0.15, 0.2) is 11.5 Å². The molecule has 2 amide bonds. The molecule has 132 valence electrons. The number of carbonyl (C=O) groups excluding carboxylic acids is 2. The summed E-state index contributed by atoms with van der Waals surface area (Å²) in [5, 5.41) is 3.98. The topological polar surface area (TPSA) is 80.2 Å².